The normalized spacial score (nSPS) is 12.7. The third-order valence-electron chi connectivity index (χ3n) is 10.6. The van der Waals surface area contributed by atoms with Gasteiger partial charge in [-0.15, -0.1) is 0 Å². The number of rotatable bonds is 13. The van der Waals surface area contributed by atoms with Crippen molar-refractivity contribution in [1.82, 2.24) is 4.57 Å². The van der Waals surface area contributed by atoms with Gasteiger partial charge in [0.15, 0.2) is 5.71 Å². The summed E-state index contributed by atoms with van der Waals surface area (Å²) in [6.07, 6.45) is 4.40. The number of oxime groups is 2. The number of carbonyl (C=O) groups is 3. The molecule has 0 fully saturated rings. The molecule has 0 saturated heterocycles. The van der Waals surface area contributed by atoms with E-state index in [-0.39, 0.29) is 11.5 Å². The maximum Gasteiger partial charge on any atom is 0.332 e. The minimum Gasteiger partial charge on any atom is -0.340 e. The first kappa shape index (κ1) is 37.9. The first-order valence-corrected chi connectivity index (χ1v) is 19.3. The fraction of sp³-hybridized carbons (Fsp3) is 0.229. The van der Waals surface area contributed by atoms with Crippen LogP contribution in [0.2, 0.25) is 0 Å². The van der Waals surface area contributed by atoms with E-state index in [0.717, 1.165) is 92.3 Å². The Kier molecular flexibility index (Phi) is 11.2. The minimum atomic E-state index is -0.625. The van der Waals surface area contributed by atoms with Crippen LogP contribution in [-0.2, 0) is 25.8 Å². The first-order valence-electron chi connectivity index (χ1n) is 19.3. The maximum atomic E-state index is 15.1. The molecule has 1 unspecified atom stereocenters. The Morgan fingerprint density at radius 1 is 0.661 bits per heavy atom. The van der Waals surface area contributed by atoms with Crippen LogP contribution in [0.5, 0.6) is 0 Å². The Morgan fingerprint density at radius 2 is 1.32 bits per heavy atom. The standard InChI is InChI=1S/C48H45N3O5/c1-6-8-17-33(7-2)29-51-44-26-25-35(45(49-55-31(4)52)36-20-11-9-16-30(36)3)27-41(44)42-28-43(38-22-13-14-23-40(38)47(42)51)48(54)46(50-56-32(5)53)39-24-15-19-34-18-10-12-21-37(34)39/h9-16,18-28,33H,6-8,17,29H2,1-5H3. The van der Waals surface area contributed by atoms with E-state index < -0.39 is 11.9 Å². The second-order valence-electron chi connectivity index (χ2n) is 14.3. The van der Waals surface area contributed by atoms with Gasteiger partial charge in [0, 0.05) is 64.3 Å². The smallest absolute Gasteiger partial charge is 0.332 e. The highest BCUT2D eigenvalue weighted by atomic mass is 16.7. The number of ketones is 1. The molecule has 0 spiro atoms. The van der Waals surface area contributed by atoms with E-state index >= 15 is 4.79 Å². The zero-order valence-electron chi connectivity index (χ0n) is 32.5. The van der Waals surface area contributed by atoms with Crippen LogP contribution in [0.15, 0.2) is 126 Å². The molecule has 1 atom stereocenters. The predicted molar refractivity (Wildman–Crippen MR) is 225 cm³/mol. The second kappa shape index (κ2) is 16.5. The molecule has 0 N–H and O–H groups in total. The first-order chi connectivity index (χ1) is 27.2. The number of fused-ring (bicyclic) bond motifs is 6. The van der Waals surface area contributed by atoms with Gasteiger partial charge < -0.3 is 14.2 Å². The average molecular weight is 744 g/mol. The highest BCUT2D eigenvalue weighted by molar-refractivity contribution is 6.55. The largest absolute Gasteiger partial charge is 0.340 e. The quantitative estimate of drug-likeness (QED) is 0.0507. The lowest BCUT2D eigenvalue weighted by Crippen LogP contribution is -2.18. The molecule has 0 radical (unpaired) electrons. The molecule has 0 amide bonds. The monoisotopic (exact) mass is 743 g/mol. The molecule has 8 heteroatoms. The van der Waals surface area contributed by atoms with Gasteiger partial charge in [-0.25, -0.2) is 9.59 Å². The molecule has 56 heavy (non-hydrogen) atoms. The summed E-state index contributed by atoms with van der Waals surface area (Å²) in [4.78, 5) is 49.8. The molecular weight excluding hydrogens is 699 g/mol. The molecule has 0 aliphatic rings. The van der Waals surface area contributed by atoms with Gasteiger partial charge in [-0.1, -0.05) is 140 Å². The summed E-state index contributed by atoms with van der Waals surface area (Å²) in [5.41, 5.74) is 6.19. The molecule has 8 nitrogen and oxygen atoms in total. The van der Waals surface area contributed by atoms with Gasteiger partial charge in [0.05, 0.1) is 5.52 Å². The van der Waals surface area contributed by atoms with Crippen molar-refractivity contribution in [2.75, 3.05) is 0 Å². The number of carbonyl (C=O) groups excluding carboxylic acids is 3. The van der Waals surface area contributed by atoms with E-state index in [9.17, 15) is 9.59 Å². The van der Waals surface area contributed by atoms with Gasteiger partial charge in [0.1, 0.15) is 5.71 Å². The van der Waals surface area contributed by atoms with Crippen LogP contribution in [0.1, 0.15) is 86.0 Å². The molecule has 0 bridgehead atoms. The number of aromatic nitrogens is 1. The van der Waals surface area contributed by atoms with Gasteiger partial charge in [0.2, 0.25) is 5.78 Å². The zero-order chi connectivity index (χ0) is 39.3. The second-order valence-corrected chi connectivity index (χ2v) is 14.3. The Labute approximate surface area is 326 Å². The molecule has 282 valence electrons. The SMILES string of the molecule is CCCCC(CC)Cn1c2ccc(C(=NOC(C)=O)c3ccccc3C)cc2c2cc(C(=O)C(=NOC(C)=O)c3cccc4ccccc34)c3ccccc3c21. The summed E-state index contributed by atoms with van der Waals surface area (Å²) in [6, 6.07) is 37.4. The van der Waals surface area contributed by atoms with Gasteiger partial charge in [-0.2, -0.15) is 0 Å². The Hall–Kier alpha value is -6.41. The summed E-state index contributed by atoms with van der Waals surface area (Å²) in [6.45, 7) is 9.87. The molecule has 1 aromatic heterocycles. The molecule has 0 aliphatic carbocycles. The van der Waals surface area contributed by atoms with Crippen molar-refractivity contribution in [3.05, 3.63) is 143 Å². The summed E-state index contributed by atoms with van der Waals surface area (Å²) in [7, 11) is 0. The fourth-order valence-electron chi connectivity index (χ4n) is 7.75. The van der Waals surface area contributed by atoms with Crippen molar-refractivity contribution in [3.63, 3.8) is 0 Å². The van der Waals surface area contributed by atoms with Crippen LogP contribution in [0.25, 0.3) is 43.4 Å². The fourth-order valence-corrected chi connectivity index (χ4v) is 7.75. The number of Topliss-reactive ketones (excluding diaryl/α,β-unsaturated/α-hetero) is 1. The number of nitrogens with zero attached hydrogens (tertiary/aromatic N) is 3. The molecule has 0 aliphatic heterocycles. The third kappa shape index (κ3) is 7.47. The molecule has 7 rings (SSSR count). The zero-order valence-corrected chi connectivity index (χ0v) is 32.5. The van der Waals surface area contributed by atoms with Crippen molar-refractivity contribution < 1.29 is 24.1 Å². The summed E-state index contributed by atoms with van der Waals surface area (Å²) in [5.74, 6) is -1.07. The number of benzene rings is 6. The van der Waals surface area contributed by atoms with Crippen molar-refractivity contribution in [2.45, 2.75) is 66.8 Å². The molecular formula is C48H45N3O5. The third-order valence-corrected chi connectivity index (χ3v) is 10.6. The lowest BCUT2D eigenvalue weighted by molar-refractivity contribution is -0.141. The van der Waals surface area contributed by atoms with Crippen LogP contribution >= 0.6 is 0 Å². The van der Waals surface area contributed by atoms with Gasteiger partial charge in [-0.05, 0) is 59.2 Å². The van der Waals surface area contributed by atoms with Gasteiger partial charge in [-0.3, -0.25) is 4.79 Å². The highest BCUT2D eigenvalue weighted by Crippen LogP contribution is 2.39. The van der Waals surface area contributed by atoms with Crippen LogP contribution in [0.3, 0.4) is 0 Å². The maximum absolute atomic E-state index is 15.1. The Morgan fingerprint density at radius 3 is 2.05 bits per heavy atom. The lowest BCUT2D eigenvalue weighted by atomic mass is 9.91. The number of aryl methyl sites for hydroxylation is 1. The number of unbranched alkanes of at least 4 members (excludes halogenated alkanes) is 1. The van der Waals surface area contributed by atoms with E-state index in [0.29, 0.717) is 22.8 Å². The van der Waals surface area contributed by atoms with Crippen molar-refractivity contribution >= 4 is 72.5 Å². The van der Waals surface area contributed by atoms with Gasteiger partial charge in [0.25, 0.3) is 0 Å². The predicted octanol–water partition coefficient (Wildman–Crippen LogP) is 11.1. The summed E-state index contributed by atoms with van der Waals surface area (Å²) in [5, 5.41) is 13.8. The van der Waals surface area contributed by atoms with E-state index in [1.165, 1.54) is 13.8 Å². The van der Waals surface area contributed by atoms with Crippen LogP contribution in [0.4, 0.5) is 0 Å². The van der Waals surface area contributed by atoms with Crippen molar-refractivity contribution in [3.8, 4) is 0 Å². The van der Waals surface area contributed by atoms with Crippen molar-refractivity contribution in [2.24, 2.45) is 16.2 Å². The molecule has 6 aromatic carbocycles. The Balaban J connectivity index is 1.53. The van der Waals surface area contributed by atoms with E-state index in [1.54, 1.807) is 0 Å². The molecule has 0 saturated carbocycles. The van der Waals surface area contributed by atoms with Crippen LogP contribution in [0, 0.1) is 12.8 Å². The highest BCUT2D eigenvalue weighted by Gasteiger charge is 2.26. The summed E-state index contributed by atoms with van der Waals surface area (Å²) >= 11 is 0. The minimum absolute atomic E-state index is 0.0342. The average Bonchev–Trinajstić information content (AvgIpc) is 3.52. The van der Waals surface area contributed by atoms with E-state index in [1.807, 2.05) is 104 Å². The molecule has 1 heterocycles. The topological polar surface area (TPSA) is 99.3 Å². The lowest BCUT2D eigenvalue weighted by Gasteiger charge is -2.19. The van der Waals surface area contributed by atoms with Gasteiger partial charge >= 0.3 is 11.9 Å². The molecule has 7 aromatic rings. The summed E-state index contributed by atoms with van der Waals surface area (Å²) < 4.78 is 2.41. The Bertz CT molecular complexity index is 2700. The van der Waals surface area contributed by atoms with Crippen LogP contribution < -0.4 is 0 Å². The van der Waals surface area contributed by atoms with E-state index in [4.69, 9.17) is 9.68 Å². The van der Waals surface area contributed by atoms with Crippen LogP contribution in [-0.4, -0.2) is 33.7 Å². The van der Waals surface area contributed by atoms with Crippen molar-refractivity contribution in [1.29, 1.82) is 0 Å². The number of hydrogen-bond acceptors (Lipinski definition) is 7. The number of hydrogen-bond donors (Lipinski definition) is 0. The van der Waals surface area contributed by atoms with E-state index in [2.05, 4.69) is 46.9 Å².